The molecule has 0 radical (unpaired) electrons. The fourth-order valence-corrected chi connectivity index (χ4v) is 2.36. The molecular formula is C14H20ClNO2. The fraction of sp³-hybridized carbons (Fsp3) is 0.571. The molecule has 1 saturated heterocycles. The zero-order valence-corrected chi connectivity index (χ0v) is 11.5. The summed E-state index contributed by atoms with van der Waals surface area (Å²) in [6.45, 7) is 3.47. The van der Waals surface area contributed by atoms with E-state index in [4.69, 9.17) is 26.8 Å². The molecule has 100 valence electrons. The summed E-state index contributed by atoms with van der Waals surface area (Å²) < 4.78 is 11.4. The Hall–Kier alpha value is -0.770. The minimum absolute atomic E-state index is 0.0820. The lowest BCUT2D eigenvalue weighted by Gasteiger charge is -2.15. The molecule has 1 aromatic rings. The Morgan fingerprint density at radius 2 is 2.39 bits per heavy atom. The predicted octanol–water partition coefficient (Wildman–Crippen LogP) is 3.31. The van der Waals surface area contributed by atoms with Crippen LogP contribution >= 0.6 is 11.6 Å². The summed E-state index contributed by atoms with van der Waals surface area (Å²) in [7, 11) is 0. The van der Waals surface area contributed by atoms with Gasteiger partial charge in [0.05, 0.1) is 12.7 Å². The smallest absolute Gasteiger partial charge is 0.124 e. The van der Waals surface area contributed by atoms with Crippen molar-refractivity contribution < 1.29 is 9.47 Å². The number of benzene rings is 1. The van der Waals surface area contributed by atoms with Crippen LogP contribution in [0.1, 0.15) is 37.8 Å². The third-order valence-corrected chi connectivity index (χ3v) is 3.42. The van der Waals surface area contributed by atoms with Crippen LogP contribution in [0.25, 0.3) is 0 Å². The van der Waals surface area contributed by atoms with Crippen LogP contribution in [0, 0.1) is 0 Å². The highest BCUT2D eigenvalue weighted by atomic mass is 35.5. The van der Waals surface area contributed by atoms with E-state index in [9.17, 15) is 0 Å². The molecule has 0 spiro atoms. The summed E-state index contributed by atoms with van der Waals surface area (Å²) in [5.74, 6) is 0.826. The van der Waals surface area contributed by atoms with Crippen molar-refractivity contribution in [1.29, 1.82) is 0 Å². The lowest BCUT2D eigenvalue weighted by Crippen LogP contribution is -2.13. The molecule has 18 heavy (non-hydrogen) atoms. The van der Waals surface area contributed by atoms with Gasteiger partial charge in [-0.05, 0) is 38.0 Å². The van der Waals surface area contributed by atoms with Crippen molar-refractivity contribution in [3.63, 3.8) is 0 Å². The zero-order valence-electron chi connectivity index (χ0n) is 10.7. The van der Waals surface area contributed by atoms with Crippen LogP contribution in [-0.4, -0.2) is 19.3 Å². The van der Waals surface area contributed by atoms with Crippen LogP contribution in [0.3, 0.4) is 0 Å². The normalized spacial score (nSPS) is 20.9. The van der Waals surface area contributed by atoms with Gasteiger partial charge in [0.15, 0.2) is 0 Å². The molecule has 4 heteroatoms. The third-order valence-electron chi connectivity index (χ3n) is 3.18. The van der Waals surface area contributed by atoms with E-state index in [1.165, 1.54) is 0 Å². The molecule has 0 amide bonds. The maximum Gasteiger partial charge on any atom is 0.124 e. The number of hydrogen-bond donors (Lipinski definition) is 1. The van der Waals surface area contributed by atoms with Gasteiger partial charge in [-0.2, -0.15) is 0 Å². The highest BCUT2D eigenvalue weighted by Gasteiger charge is 2.16. The maximum absolute atomic E-state index is 5.97. The van der Waals surface area contributed by atoms with Gasteiger partial charge >= 0.3 is 0 Å². The molecular weight excluding hydrogens is 250 g/mol. The van der Waals surface area contributed by atoms with E-state index in [0.29, 0.717) is 17.7 Å². The Bertz CT molecular complexity index is 389. The first-order valence-corrected chi connectivity index (χ1v) is 6.84. The van der Waals surface area contributed by atoms with Crippen molar-refractivity contribution in [3.8, 4) is 5.75 Å². The molecule has 0 aromatic heterocycles. The molecule has 1 aliphatic heterocycles. The second-order valence-corrected chi connectivity index (χ2v) is 5.18. The number of hydrogen-bond acceptors (Lipinski definition) is 3. The lowest BCUT2D eigenvalue weighted by atomic mass is 10.1. The van der Waals surface area contributed by atoms with Gasteiger partial charge in [0.1, 0.15) is 5.75 Å². The van der Waals surface area contributed by atoms with Gasteiger partial charge in [-0.1, -0.05) is 11.6 Å². The summed E-state index contributed by atoms with van der Waals surface area (Å²) in [5, 5.41) is 0.689. The van der Waals surface area contributed by atoms with E-state index in [1.54, 1.807) is 0 Å². The summed E-state index contributed by atoms with van der Waals surface area (Å²) in [5.41, 5.74) is 6.87. The van der Waals surface area contributed by atoms with E-state index >= 15 is 0 Å². The predicted molar refractivity (Wildman–Crippen MR) is 73.1 cm³/mol. The van der Waals surface area contributed by atoms with Crippen molar-refractivity contribution in [2.24, 2.45) is 5.73 Å². The number of ether oxygens (including phenoxy) is 2. The molecule has 0 bridgehead atoms. The second kappa shape index (κ2) is 6.41. The highest BCUT2D eigenvalue weighted by molar-refractivity contribution is 6.30. The van der Waals surface area contributed by atoms with Crippen LogP contribution in [0.15, 0.2) is 18.2 Å². The van der Waals surface area contributed by atoms with Gasteiger partial charge in [-0.3, -0.25) is 0 Å². The molecule has 0 aliphatic carbocycles. The molecule has 0 saturated carbocycles. The SMILES string of the molecule is C[C@@H](N)c1cc(Cl)ccc1OCCC1CCCO1. The monoisotopic (exact) mass is 269 g/mol. The molecule has 2 N–H and O–H groups in total. The Balaban J connectivity index is 1.91. The third kappa shape index (κ3) is 3.61. The summed E-state index contributed by atoms with van der Waals surface area (Å²) in [4.78, 5) is 0. The van der Waals surface area contributed by atoms with Gasteiger partial charge in [-0.25, -0.2) is 0 Å². The largest absolute Gasteiger partial charge is 0.493 e. The first kappa shape index (κ1) is 13.7. The van der Waals surface area contributed by atoms with Crippen LogP contribution in [-0.2, 0) is 4.74 Å². The minimum atomic E-state index is -0.0820. The van der Waals surface area contributed by atoms with E-state index in [0.717, 1.165) is 37.2 Å². The van der Waals surface area contributed by atoms with Gasteiger partial charge in [0.2, 0.25) is 0 Å². The Morgan fingerprint density at radius 3 is 3.06 bits per heavy atom. The molecule has 3 nitrogen and oxygen atoms in total. The van der Waals surface area contributed by atoms with Crippen LogP contribution < -0.4 is 10.5 Å². The first-order valence-electron chi connectivity index (χ1n) is 6.46. The number of halogens is 1. The van der Waals surface area contributed by atoms with Crippen molar-refractivity contribution >= 4 is 11.6 Å². The van der Waals surface area contributed by atoms with E-state index < -0.39 is 0 Å². The molecule has 1 fully saturated rings. The average Bonchev–Trinajstić information content (AvgIpc) is 2.84. The first-order chi connectivity index (χ1) is 8.66. The standard InChI is InChI=1S/C14H20ClNO2/c1-10(16)13-9-11(15)4-5-14(13)18-8-6-12-3-2-7-17-12/h4-5,9-10,12H,2-3,6-8,16H2,1H3/t10-,12?/m1/s1. The fourth-order valence-electron chi connectivity index (χ4n) is 2.18. The summed E-state index contributed by atoms with van der Waals surface area (Å²) >= 11 is 5.97. The molecule has 1 heterocycles. The summed E-state index contributed by atoms with van der Waals surface area (Å²) in [6, 6.07) is 5.50. The molecule has 1 aliphatic rings. The van der Waals surface area contributed by atoms with Crippen LogP contribution in [0.4, 0.5) is 0 Å². The van der Waals surface area contributed by atoms with Crippen LogP contribution in [0.5, 0.6) is 5.75 Å². The van der Waals surface area contributed by atoms with Gasteiger partial charge in [-0.15, -0.1) is 0 Å². The Kier molecular flexibility index (Phi) is 4.87. The lowest BCUT2D eigenvalue weighted by molar-refractivity contribution is 0.0902. The van der Waals surface area contributed by atoms with E-state index in [2.05, 4.69) is 0 Å². The zero-order chi connectivity index (χ0) is 13.0. The molecule has 1 aromatic carbocycles. The van der Waals surface area contributed by atoms with Gasteiger partial charge in [0, 0.05) is 29.7 Å². The Morgan fingerprint density at radius 1 is 1.56 bits per heavy atom. The summed E-state index contributed by atoms with van der Waals surface area (Å²) in [6.07, 6.45) is 3.60. The Labute approximate surface area is 113 Å². The second-order valence-electron chi connectivity index (χ2n) is 4.74. The number of nitrogens with two attached hydrogens (primary N) is 1. The molecule has 1 unspecified atom stereocenters. The topological polar surface area (TPSA) is 44.5 Å². The number of rotatable bonds is 5. The highest BCUT2D eigenvalue weighted by Crippen LogP contribution is 2.27. The van der Waals surface area contributed by atoms with Crippen molar-refractivity contribution in [2.75, 3.05) is 13.2 Å². The van der Waals surface area contributed by atoms with Crippen molar-refractivity contribution in [2.45, 2.75) is 38.3 Å². The average molecular weight is 270 g/mol. The minimum Gasteiger partial charge on any atom is -0.493 e. The van der Waals surface area contributed by atoms with Crippen molar-refractivity contribution in [1.82, 2.24) is 0 Å². The van der Waals surface area contributed by atoms with Crippen molar-refractivity contribution in [3.05, 3.63) is 28.8 Å². The molecule has 2 rings (SSSR count). The molecule has 2 atom stereocenters. The van der Waals surface area contributed by atoms with Gasteiger partial charge in [0.25, 0.3) is 0 Å². The van der Waals surface area contributed by atoms with Gasteiger partial charge < -0.3 is 15.2 Å². The van der Waals surface area contributed by atoms with Crippen LogP contribution in [0.2, 0.25) is 5.02 Å². The quantitative estimate of drug-likeness (QED) is 0.892. The maximum atomic E-state index is 5.97. The van der Waals surface area contributed by atoms with E-state index in [-0.39, 0.29) is 6.04 Å². The van der Waals surface area contributed by atoms with E-state index in [1.807, 2.05) is 25.1 Å².